The van der Waals surface area contributed by atoms with Gasteiger partial charge >= 0.3 is 0 Å². The molecule has 0 saturated heterocycles. The number of hydrogen-bond acceptors (Lipinski definition) is 3. The van der Waals surface area contributed by atoms with E-state index in [0.717, 1.165) is 25.0 Å². The summed E-state index contributed by atoms with van der Waals surface area (Å²) in [5.41, 5.74) is 8.62. The molecule has 2 aliphatic rings. The van der Waals surface area contributed by atoms with Crippen LogP contribution in [0.2, 0.25) is 0 Å². The van der Waals surface area contributed by atoms with Crippen LogP contribution >= 0.6 is 12.4 Å². The number of ether oxygens (including phenoxy) is 1. The molecule has 5 heteroatoms. The number of fused-ring (bicyclic) bond motifs is 2. The number of nitrogens with one attached hydrogen (secondary N) is 1. The maximum absolute atomic E-state index is 12.5. The molecule has 140 valence electrons. The summed E-state index contributed by atoms with van der Waals surface area (Å²) in [4.78, 5) is 12.5. The Labute approximate surface area is 157 Å². The second-order valence-corrected chi connectivity index (χ2v) is 7.37. The van der Waals surface area contributed by atoms with Crippen molar-refractivity contribution < 1.29 is 9.53 Å². The normalized spacial score (nSPS) is 28.1. The average molecular weight is 367 g/mol. The number of amides is 1. The first-order valence-electron chi connectivity index (χ1n) is 9.36. The predicted octanol–water partition coefficient (Wildman–Crippen LogP) is 3.41. The Morgan fingerprint density at radius 1 is 1.16 bits per heavy atom. The summed E-state index contributed by atoms with van der Waals surface area (Å²) in [6, 6.07) is 8.60. The maximum atomic E-state index is 12.5. The van der Waals surface area contributed by atoms with Crippen LogP contribution in [0.4, 0.5) is 0 Å². The highest BCUT2D eigenvalue weighted by Gasteiger charge is 2.40. The van der Waals surface area contributed by atoms with Crippen molar-refractivity contribution in [3.8, 4) is 0 Å². The zero-order chi connectivity index (χ0) is 16.9. The number of benzene rings is 1. The van der Waals surface area contributed by atoms with Crippen molar-refractivity contribution in [3.63, 3.8) is 0 Å². The Kier molecular flexibility index (Phi) is 7.73. The van der Waals surface area contributed by atoms with Crippen molar-refractivity contribution in [3.05, 3.63) is 35.4 Å². The average Bonchev–Trinajstić information content (AvgIpc) is 2.58. The molecule has 2 saturated carbocycles. The van der Waals surface area contributed by atoms with Crippen LogP contribution in [0.5, 0.6) is 0 Å². The van der Waals surface area contributed by atoms with Crippen molar-refractivity contribution in [2.24, 2.45) is 23.5 Å². The summed E-state index contributed by atoms with van der Waals surface area (Å²) < 4.78 is 5.40. The van der Waals surface area contributed by atoms with Gasteiger partial charge in [-0.2, -0.15) is 0 Å². The second kappa shape index (κ2) is 9.56. The van der Waals surface area contributed by atoms with Gasteiger partial charge in [0.25, 0.3) is 0 Å². The van der Waals surface area contributed by atoms with E-state index in [9.17, 15) is 4.79 Å². The van der Waals surface area contributed by atoms with Gasteiger partial charge in [-0.15, -0.1) is 12.4 Å². The number of carbonyl (C=O) groups excluding carboxylic acids is 1. The van der Waals surface area contributed by atoms with Gasteiger partial charge in [0.15, 0.2) is 0 Å². The second-order valence-electron chi connectivity index (χ2n) is 7.37. The number of rotatable bonds is 6. The van der Waals surface area contributed by atoms with Gasteiger partial charge in [-0.05, 0) is 55.6 Å². The molecule has 0 heterocycles. The molecule has 1 amide bonds. The highest BCUT2D eigenvalue weighted by atomic mass is 35.5. The number of carbonyl (C=O) groups is 1. The molecule has 2 aliphatic carbocycles. The van der Waals surface area contributed by atoms with Gasteiger partial charge in [0, 0.05) is 25.1 Å². The first-order valence-corrected chi connectivity index (χ1v) is 9.36. The zero-order valence-corrected chi connectivity index (χ0v) is 15.9. The smallest absolute Gasteiger partial charge is 0.223 e. The molecule has 2 bridgehead atoms. The predicted molar refractivity (Wildman–Crippen MR) is 102 cm³/mol. The van der Waals surface area contributed by atoms with Crippen LogP contribution in [-0.4, -0.2) is 18.6 Å². The highest BCUT2D eigenvalue weighted by Crippen LogP contribution is 2.41. The first kappa shape index (κ1) is 20.2. The lowest BCUT2D eigenvalue weighted by atomic mass is 9.65. The molecule has 2 unspecified atom stereocenters. The van der Waals surface area contributed by atoms with Crippen LogP contribution in [0.1, 0.15) is 50.2 Å². The standard InChI is InChI=1S/C20H30N2O2.ClH/c1-2-24-13-15-8-6-14(7-9-15)12-22-20(23)18-10-16-4-3-5-17(11-18)19(16)21;/h6-9,16-19H,2-5,10-13,21H2,1H3,(H,22,23);1H. The Balaban J connectivity index is 0.00000225. The molecule has 0 aliphatic heterocycles. The van der Waals surface area contributed by atoms with Crippen LogP contribution in [0, 0.1) is 17.8 Å². The van der Waals surface area contributed by atoms with Gasteiger partial charge in [0.05, 0.1) is 6.61 Å². The largest absolute Gasteiger partial charge is 0.377 e. The molecule has 2 fully saturated rings. The van der Waals surface area contributed by atoms with Gasteiger partial charge in [-0.1, -0.05) is 30.7 Å². The van der Waals surface area contributed by atoms with Crippen LogP contribution in [-0.2, 0) is 22.7 Å². The lowest BCUT2D eigenvalue weighted by Crippen LogP contribution is -2.49. The van der Waals surface area contributed by atoms with Gasteiger partial charge < -0.3 is 15.8 Å². The van der Waals surface area contributed by atoms with Crippen molar-refractivity contribution in [1.82, 2.24) is 5.32 Å². The minimum atomic E-state index is 0. The van der Waals surface area contributed by atoms with Gasteiger partial charge in [-0.3, -0.25) is 4.79 Å². The highest BCUT2D eigenvalue weighted by molar-refractivity contribution is 5.85. The Morgan fingerprint density at radius 2 is 1.76 bits per heavy atom. The molecular formula is C20H31ClN2O2. The van der Waals surface area contributed by atoms with Crippen LogP contribution in [0.3, 0.4) is 0 Å². The summed E-state index contributed by atoms with van der Waals surface area (Å²) in [6.45, 7) is 3.97. The molecular weight excluding hydrogens is 336 g/mol. The van der Waals surface area contributed by atoms with Crippen LogP contribution < -0.4 is 11.1 Å². The van der Waals surface area contributed by atoms with Crippen molar-refractivity contribution in [2.75, 3.05) is 6.61 Å². The number of nitrogens with two attached hydrogens (primary N) is 1. The lowest BCUT2D eigenvalue weighted by Gasteiger charge is -2.43. The summed E-state index contributed by atoms with van der Waals surface area (Å²) in [5, 5.41) is 3.12. The molecule has 25 heavy (non-hydrogen) atoms. The fourth-order valence-electron chi connectivity index (χ4n) is 4.31. The van der Waals surface area contributed by atoms with E-state index in [4.69, 9.17) is 10.5 Å². The Hall–Kier alpha value is -1.10. The Bertz CT molecular complexity index is 535. The van der Waals surface area contributed by atoms with Gasteiger partial charge in [0.2, 0.25) is 5.91 Å². The van der Waals surface area contributed by atoms with Crippen molar-refractivity contribution in [2.45, 2.75) is 58.2 Å². The zero-order valence-electron chi connectivity index (χ0n) is 15.1. The molecule has 4 nitrogen and oxygen atoms in total. The molecule has 0 aromatic heterocycles. The summed E-state index contributed by atoms with van der Waals surface area (Å²) in [5.74, 6) is 1.45. The van der Waals surface area contributed by atoms with Crippen molar-refractivity contribution >= 4 is 18.3 Å². The van der Waals surface area contributed by atoms with Crippen LogP contribution in [0.25, 0.3) is 0 Å². The molecule has 3 rings (SSSR count). The minimum Gasteiger partial charge on any atom is -0.377 e. The van der Waals surface area contributed by atoms with Gasteiger partial charge in [0.1, 0.15) is 0 Å². The van der Waals surface area contributed by atoms with E-state index in [1.165, 1.54) is 24.8 Å². The number of halogens is 1. The summed E-state index contributed by atoms with van der Waals surface area (Å²) >= 11 is 0. The van der Waals surface area contributed by atoms with E-state index in [2.05, 4.69) is 29.6 Å². The molecule has 2 atom stereocenters. The van der Waals surface area contributed by atoms with E-state index in [-0.39, 0.29) is 24.2 Å². The third-order valence-corrected chi connectivity index (χ3v) is 5.75. The monoisotopic (exact) mass is 366 g/mol. The van der Waals surface area contributed by atoms with E-state index in [0.29, 0.717) is 31.0 Å². The van der Waals surface area contributed by atoms with E-state index in [1.807, 2.05) is 6.92 Å². The molecule has 0 radical (unpaired) electrons. The number of hydrogen-bond donors (Lipinski definition) is 2. The molecule has 3 N–H and O–H groups in total. The molecule has 1 aromatic carbocycles. The molecule has 0 spiro atoms. The van der Waals surface area contributed by atoms with Crippen molar-refractivity contribution in [1.29, 1.82) is 0 Å². The summed E-state index contributed by atoms with van der Waals surface area (Å²) in [6.07, 6.45) is 5.62. The maximum Gasteiger partial charge on any atom is 0.223 e. The van der Waals surface area contributed by atoms with E-state index in [1.54, 1.807) is 0 Å². The first-order chi connectivity index (χ1) is 11.7. The summed E-state index contributed by atoms with van der Waals surface area (Å²) in [7, 11) is 0. The fraction of sp³-hybridized carbons (Fsp3) is 0.650. The quantitative estimate of drug-likeness (QED) is 0.810. The van der Waals surface area contributed by atoms with Gasteiger partial charge in [-0.25, -0.2) is 0 Å². The Morgan fingerprint density at radius 3 is 2.36 bits per heavy atom. The van der Waals surface area contributed by atoms with Crippen LogP contribution in [0.15, 0.2) is 24.3 Å². The third-order valence-electron chi connectivity index (χ3n) is 5.75. The molecule has 1 aromatic rings. The minimum absolute atomic E-state index is 0. The SMILES string of the molecule is CCOCc1ccc(CNC(=O)C2CC3CCCC(C2)C3N)cc1.Cl. The fourth-order valence-corrected chi connectivity index (χ4v) is 4.31. The van der Waals surface area contributed by atoms with E-state index >= 15 is 0 Å². The van der Waals surface area contributed by atoms with E-state index < -0.39 is 0 Å². The third kappa shape index (κ3) is 5.19. The lowest BCUT2D eigenvalue weighted by molar-refractivity contribution is -0.128. The topological polar surface area (TPSA) is 64.3 Å².